The number of phenols is 2. The molecule has 10 bridgehead atoms. The van der Waals surface area contributed by atoms with Gasteiger partial charge in [-0.1, -0.05) is 85.4 Å². The van der Waals surface area contributed by atoms with Crippen molar-refractivity contribution in [3.05, 3.63) is 230 Å². The first-order valence-electron chi connectivity index (χ1n) is 35.3. The predicted molar refractivity (Wildman–Crippen MR) is 426 cm³/mol. The second-order valence-electron chi connectivity index (χ2n) is 27.4. The van der Waals surface area contributed by atoms with Gasteiger partial charge in [-0.2, -0.15) is 0 Å². The number of thiocarbonyl (C=S) groups is 1. The normalized spacial score (nSPS) is 18.8. The van der Waals surface area contributed by atoms with Gasteiger partial charge in [0.05, 0.1) is 52.0 Å². The van der Waals surface area contributed by atoms with Crippen LogP contribution in [0.15, 0.2) is 148 Å². The van der Waals surface area contributed by atoms with Crippen LogP contribution in [-0.2, 0) is 26.3 Å². The Bertz CT molecular complexity index is 5720. The van der Waals surface area contributed by atoms with Crippen LogP contribution in [0.2, 0.25) is 0 Å². The van der Waals surface area contributed by atoms with E-state index in [2.05, 4.69) is 21.3 Å². The number of amides is 5. The summed E-state index contributed by atoms with van der Waals surface area (Å²) in [4.78, 5) is 136. The molecule has 112 heavy (non-hydrogen) atoms. The number of ketones is 1. The molecule has 10 N–H and O–H groups in total. The van der Waals surface area contributed by atoms with Crippen LogP contribution in [0, 0.1) is 19.8 Å². The van der Waals surface area contributed by atoms with Crippen molar-refractivity contribution < 1.29 is 63.5 Å². The maximum atomic E-state index is 15.4. The van der Waals surface area contributed by atoms with Gasteiger partial charge >= 0.3 is 5.97 Å². The summed E-state index contributed by atoms with van der Waals surface area (Å²) in [6, 6.07) is 31.0. The largest absolute Gasteiger partial charge is 0.508 e. The van der Waals surface area contributed by atoms with E-state index in [0.717, 1.165) is 45.1 Å². The minimum absolute atomic E-state index is 0.0216. The fourth-order valence-corrected chi connectivity index (χ4v) is 19.8. The molecule has 5 amide bonds. The molecule has 1 spiro atoms. The molecule has 12 aromatic rings. The maximum Gasteiger partial charge on any atom is 0.340 e. The molecule has 4 aliphatic rings. The number of carbonyl (C=O) groups is 7. The molecule has 0 unspecified atom stereocenters. The molecule has 0 saturated carbocycles. The Labute approximate surface area is 667 Å². The lowest BCUT2D eigenvalue weighted by Gasteiger charge is -2.36. The Morgan fingerprint density at radius 1 is 0.679 bits per heavy atom. The fraction of sp³-hybridized carbons (Fsp3) is 0.228. The van der Waals surface area contributed by atoms with Crippen LogP contribution in [0.25, 0.3) is 43.4 Å². The Kier molecular flexibility index (Phi) is 20.6. The van der Waals surface area contributed by atoms with Crippen LogP contribution < -0.4 is 31.7 Å². The SMILES string of the molecule is Cc1ccc(C[C@@H]2NC(=O)c3csc(n3)[C@H]([C@H](O)c3ccccc3)CC(=O)c3nc(sc3C)[C@H](CC(N)=O)NC(=O)c3csc(n3)-c3ccc(-c4nc(C(=O)NCCCC(=S)Nc5ccc6c(c5)C(=O)OC65c6ccc(O)cc6Oc6cc(O)ccc65)cs4)nc3-c3csc(n3)-c3csc(n3)[C@@H]3[C@@H](C)[C@@H](O)CN3C2=O)cc1. The number of aliphatic hydroxyl groups is 2. The summed E-state index contributed by atoms with van der Waals surface area (Å²) in [5.41, 5.74) is 11.0. The van der Waals surface area contributed by atoms with Gasteiger partial charge in [-0.05, 0) is 86.3 Å². The molecule has 1 saturated heterocycles. The molecule has 26 nitrogen and oxygen atoms in total. The van der Waals surface area contributed by atoms with Gasteiger partial charge in [0, 0.05) is 110 Å². The van der Waals surface area contributed by atoms with Crippen molar-refractivity contribution in [1.29, 1.82) is 0 Å². The monoisotopic (exact) mass is 1630 g/mol. The number of primary amides is 1. The molecule has 566 valence electrons. The number of aromatic nitrogens is 7. The number of aryl methyl sites for hydroxylation is 2. The summed E-state index contributed by atoms with van der Waals surface area (Å²) in [6.45, 7) is 5.61. The summed E-state index contributed by atoms with van der Waals surface area (Å²) < 4.78 is 12.3. The highest BCUT2D eigenvalue weighted by Gasteiger charge is 2.54. The number of hydrogen-bond donors (Lipinski definition) is 9. The number of esters is 1. The molecule has 7 aromatic heterocycles. The number of benzene rings is 5. The highest BCUT2D eigenvalue weighted by atomic mass is 32.1. The third-order valence-electron chi connectivity index (χ3n) is 19.8. The van der Waals surface area contributed by atoms with E-state index in [-0.39, 0.29) is 87.3 Å². The van der Waals surface area contributed by atoms with Crippen molar-refractivity contribution in [2.75, 3.05) is 18.4 Å². The summed E-state index contributed by atoms with van der Waals surface area (Å²) in [6.07, 6.45) is -2.15. The smallest absolute Gasteiger partial charge is 0.340 e. The van der Waals surface area contributed by atoms with Crippen LogP contribution in [0.1, 0.15) is 162 Å². The highest BCUT2D eigenvalue weighted by Crippen LogP contribution is 2.57. The average molecular weight is 1630 g/mol. The Hall–Kier alpha value is -11.3. The van der Waals surface area contributed by atoms with Crippen molar-refractivity contribution >= 4 is 132 Å². The number of Topliss-reactive ketones (excluding diaryl/α,β-unsaturated/α-hetero) is 1. The number of ether oxygens (including phenoxy) is 2. The van der Waals surface area contributed by atoms with Crippen molar-refractivity contribution in [3.63, 3.8) is 0 Å². The third kappa shape index (κ3) is 14.6. The topological polar surface area (TPSA) is 386 Å². The molecule has 33 heteroatoms. The number of fused-ring (bicyclic) bond motifs is 22. The van der Waals surface area contributed by atoms with Crippen molar-refractivity contribution in [2.45, 2.75) is 94.7 Å². The number of phenolic OH excluding ortho intramolecular Hbond substituents is 2. The van der Waals surface area contributed by atoms with Crippen LogP contribution in [0.3, 0.4) is 0 Å². The van der Waals surface area contributed by atoms with E-state index >= 15 is 4.79 Å². The van der Waals surface area contributed by atoms with Gasteiger partial charge in [-0.3, -0.25) is 28.8 Å². The number of pyridine rings is 1. The van der Waals surface area contributed by atoms with Gasteiger partial charge in [-0.25, -0.2) is 39.7 Å². The zero-order valence-electron chi connectivity index (χ0n) is 59.4. The molecule has 16 rings (SSSR count). The second-order valence-corrected chi connectivity index (χ2v) is 33.5. The Morgan fingerprint density at radius 3 is 2.08 bits per heavy atom. The lowest BCUT2D eigenvalue weighted by atomic mass is 9.77. The van der Waals surface area contributed by atoms with Crippen molar-refractivity contribution in [1.82, 2.24) is 55.7 Å². The fourth-order valence-electron chi connectivity index (χ4n) is 14.2. The second kappa shape index (κ2) is 30.8. The quantitative estimate of drug-likeness (QED) is 0.0294. The van der Waals surface area contributed by atoms with Gasteiger partial charge in [0.15, 0.2) is 11.4 Å². The molecule has 4 aliphatic heterocycles. The molecule has 0 aliphatic carbocycles. The van der Waals surface area contributed by atoms with Gasteiger partial charge in [-0.15, -0.1) is 68.0 Å². The van der Waals surface area contributed by atoms with Crippen molar-refractivity contribution in [3.8, 4) is 66.4 Å². The lowest BCUT2D eigenvalue weighted by molar-refractivity contribution is -0.134. The number of nitrogens with zero attached hydrogens (tertiary/aromatic N) is 8. The minimum atomic E-state index is -1.43. The van der Waals surface area contributed by atoms with Gasteiger partial charge < -0.3 is 61.8 Å². The van der Waals surface area contributed by atoms with Crippen LogP contribution in [0.4, 0.5) is 5.69 Å². The number of nitrogens with one attached hydrogen (secondary N) is 4. The van der Waals surface area contributed by atoms with E-state index in [1.165, 1.54) is 63.7 Å². The van der Waals surface area contributed by atoms with E-state index in [1.807, 2.05) is 43.5 Å². The standard InChI is InChI=1S/C79H65N13O13S7/c1-36-11-13-39(14-12-36)24-52-77(102)92-30-59(96)37(2)66(92)76-90-57(35-111-76)74-86-53(31-109-74)65-44(71-87-55(33-107-71)69(100)84-51(29-62(80)97)75-91-64(38(3)112-75)58(95)28-46(67(98)40-8-5-4-6-9-40)72-88-56(34-108-72)70(101)85-52)18-22-50(83-65)73-89-54(32-110-73)68(99)81-23-7-10-63(106)82-41-15-19-47-45(25-41)78(103)105-79(47)48-20-16-42(93)26-60(48)104-61-27-43(94)17-21-49(61)79/h4-6,8-9,11-22,25-27,31-35,37,46,51-52,59,66-67,93-94,96,98H,7,10,23-24,28-30H2,1-3H3,(H2,80,97)(H,81,99)(H,82,106)(H,84,100)(H,85,101)/t37-,46-,51-,52-,59-,66-,67+/m0/s1. The lowest BCUT2D eigenvalue weighted by Crippen LogP contribution is -2.50. The molecule has 5 aromatic carbocycles. The number of nitrogens with two attached hydrogens (primary N) is 1. The maximum absolute atomic E-state index is 15.4. The summed E-state index contributed by atoms with van der Waals surface area (Å²) in [7, 11) is 0. The number of rotatable bonds is 13. The van der Waals surface area contributed by atoms with E-state index < -0.39 is 95.5 Å². The zero-order chi connectivity index (χ0) is 78.0. The number of aromatic hydroxyl groups is 2. The molecule has 1 fully saturated rings. The third-order valence-corrected chi connectivity index (χ3v) is 25.7. The molecule has 0 radical (unpaired) electrons. The van der Waals surface area contributed by atoms with E-state index in [9.17, 15) is 49.2 Å². The molecular formula is C79H65N13O13S7. The number of thiazole rings is 6. The average Bonchev–Trinajstić information content (AvgIpc) is 1.47. The first-order chi connectivity index (χ1) is 54.0. The van der Waals surface area contributed by atoms with Gasteiger partial charge in [0.1, 0.15) is 93.9 Å². The Morgan fingerprint density at radius 2 is 1.33 bits per heavy atom. The molecule has 11 heterocycles. The van der Waals surface area contributed by atoms with Gasteiger partial charge in [0.25, 0.3) is 17.7 Å². The van der Waals surface area contributed by atoms with Gasteiger partial charge in [0.2, 0.25) is 11.8 Å². The number of carbonyl (C=O) groups excluding carboxylic acids is 7. The minimum Gasteiger partial charge on any atom is -0.508 e. The predicted octanol–water partition coefficient (Wildman–Crippen LogP) is 12.7. The Balaban J connectivity index is 0.676. The highest BCUT2D eigenvalue weighted by molar-refractivity contribution is 7.80. The number of aliphatic hydroxyl groups excluding tert-OH is 2. The van der Waals surface area contributed by atoms with Crippen molar-refractivity contribution in [2.24, 2.45) is 11.7 Å². The zero-order valence-corrected chi connectivity index (χ0v) is 65.1. The number of hydrogen-bond acceptors (Lipinski definition) is 27. The van der Waals surface area contributed by atoms with E-state index in [1.54, 1.807) is 101 Å². The van der Waals surface area contributed by atoms with Crippen LogP contribution in [-0.4, -0.2) is 132 Å². The molecule has 7 atom stereocenters. The first kappa shape index (κ1) is 74.8. The van der Waals surface area contributed by atoms with Crippen LogP contribution >= 0.6 is 80.2 Å². The van der Waals surface area contributed by atoms with Crippen LogP contribution in [0.5, 0.6) is 23.0 Å². The molecular weight excluding hydrogens is 1560 g/mol. The van der Waals surface area contributed by atoms with E-state index in [4.69, 9.17) is 62.3 Å². The first-order valence-corrected chi connectivity index (χ1v) is 40.9. The summed E-state index contributed by atoms with van der Waals surface area (Å²) in [5, 5.41) is 67.0. The number of anilines is 1. The summed E-state index contributed by atoms with van der Waals surface area (Å²) >= 11 is 12.8. The van der Waals surface area contributed by atoms with E-state index in [0.29, 0.717) is 99.0 Å². The summed E-state index contributed by atoms with van der Waals surface area (Å²) in [5.74, 6) is -5.30.